The number of nitro groups is 1. The fourth-order valence-corrected chi connectivity index (χ4v) is 3.29. The zero-order valence-corrected chi connectivity index (χ0v) is 14.3. The lowest BCUT2D eigenvalue weighted by Gasteiger charge is -2.35. The minimum atomic E-state index is -0.286. The molecular formula is C19H24N4O2. The molecule has 0 aliphatic carbocycles. The van der Waals surface area contributed by atoms with E-state index in [0.717, 1.165) is 38.3 Å². The number of nitrogens with zero attached hydrogens (tertiary/aromatic N) is 3. The van der Waals surface area contributed by atoms with Crippen LogP contribution in [0.15, 0.2) is 48.5 Å². The van der Waals surface area contributed by atoms with Gasteiger partial charge < -0.3 is 10.6 Å². The molecule has 6 heteroatoms. The van der Waals surface area contributed by atoms with E-state index in [4.69, 9.17) is 5.73 Å². The van der Waals surface area contributed by atoms with Crippen molar-refractivity contribution in [3.05, 3.63) is 69.8 Å². The van der Waals surface area contributed by atoms with Crippen LogP contribution >= 0.6 is 0 Å². The largest absolute Gasteiger partial charge is 0.363 e. The Balaban J connectivity index is 1.67. The molecule has 1 aliphatic rings. The summed E-state index contributed by atoms with van der Waals surface area (Å²) in [5, 5.41) is 11.5. The van der Waals surface area contributed by atoms with Gasteiger partial charge in [-0.3, -0.25) is 15.0 Å². The minimum Gasteiger partial charge on any atom is -0.363 e. The first-order valence-electron chi connectivity index (χ1n) is 8.66. The summed E-state index contributed by atoms with van der Waals surface area (Å²) < 4.78 is 0. The lowest BCUT2D eigenvalue weighted by molar-refractivity contribution is -0.384. The van der Waals surface area contributed by atoms with Crippen LogP contribution in [0, 0.1) is 10.1 Å². The lowest BCUT2D eigenvalue weighted by Crippen LogP contribution is -2.46. The van der Waals surface area contributed by atoms with Gasteiger partial charge in [0.05, 0.1) is 4.92 Å². The van der Waals surface area contributed by atoms with Gasteiger partial charge in [-0.25, -0.2) is 0 Å². The first-order valence-corrected chi connectivity index (χ1v) is 8.66. The van der Waals surface area contributed by atoms with E-state index < -0.39 is 0 Å². The van der Waals surface area contributed by atoms with Crippen LogP contribution in [-0.4, -0.2) is 42.5 Å². The average molecular weight is 340 g/mol. The fraction of sp³-hybridized carbons (Fsp3) is 0.368. The second kappa shape index (κ2) is 8.09. The second-order valence-electron chi connectivity index (χ2n) is 6.37. The molecule has 0 amide bonds. The summed E-state index contributed by atoms with van der Waals surface area (Å²) >= 11 is 0. The Morgan fingerprint density at radius 2 is 1.72 bits per heavy atom. The van der Waals surface area contributed by atoms with E-state index in [-0.39, 0.29) is 10.6 Å². The molecule has 1 saturated heterocycles. The van der Waals surface area contributed by atoms with Gasteiger partial charge in [-0.2, -0.15) is 0 Å². The van der Waals surface area contributed by atoms with E-state index in [2.05, 4.69) is 34.1 Å². The molecule has 0 bridgehead atoms. The number of rotatable bonds is 6. The Bertz CT molecular complexity index is 713. The molecule has 2 N–H and O–H groups in total. The molecule has 0 radical (unpaired) electrons. The maximum Gasteiger partial charge on any atom is 0.292 e. The molecule has 2 aromatic rings. The predicted molar refractivity (Wildman–Crippen MR) is 99.8 cm³/mol. The van der Waals surface area contributed by atoms with E-state index in [1.807, 2.05) is 18.2 Å². The van der Waals surface area contributed by atoms with E-state index in [1.54, 1.807) is 6.07 Å². The number of anilines is 1. The number of piperazine rings is 1. The van der Waals surface area contributed by atoms with Gasteiger partial charge in [-0.1, -0.05) is 36.4 Å². The van der Waals surface area contributed by atoms with Gasteiger partial charge in [0.1, 0.15) is 5.69 Å². The Kier molecular flexibility index (Phi) is 5.63. The highest BCUT2D eigenvalue weighted by Gasteiger charge is 2.24. The standard InChI is InChI=1S/C19H24N4O2/c20-9-8-16-6-7-18(19(14-16)23(24)25)22-12-10-21(11-13-22)15-17-4-2-1-3-5-17/h1-7,14H,8-13,15,20H2. The molecule has 1 fully saturated rings. The molecule has 132 valence electrons. The Morgan fingerprint density at radius 3 is 2.36 bits per heavy atom. The number of hydrogen-bond acceptors (Lipinski definition) is 5. The Labute approximate surface area is 148 Å². The smallest absolute Gasteiger partial charge is 0.292 e. The van der Waals surface area contributed by atoms with Crippen LogP contribution in [0.2, 0.25) is 0 Å². The first kappa shape index (κ1) is 17.4. The third kappa shape index (κ3) is 4.35. The molecular weight excluding hydrogens is 316 g/mol. The van der Waals surface area contributed by atoms with Crippen molar-refractivity contribution in [2.75, 3.05) is 37.6 Å². The van der Waals surface area contributed by atoms with Crippen LogP contribution in [0.5, 0.6) is 0 Å². The molecule has 0 atom stereocenters. The molecule has 0 aromatic heterocycles. The highest BCUT2D eigenvalue weighted by atomic mass is 16.6. The highest BCUT2D eigenvalue weighted by molar-refractivity contribution is 5.64. The number of hydrogen-bond donors (Lipinski definition) is 1. The number of nitro benzene ring substituents is 1. The maximum atomic E-state index is 11.5. The fourth-order valence-electron chi connectivity index (χ4n) is 3.29. The summed E-state index contributed by atoms with van der Waals surface area (Å²) in [6, 6.07) is 15.9. The molecule has 6 nitrogen and oxygen atoms in total. The highest BCUT2D eigenvalue weighted by Crippen LogP contribution is 2.30. The number of nitrogens with two attached hydrogens (primary N) is 1. The lowest BCUT2D eigenvalue weighted by atomic mass is 10.1. The summed E-state index contributed by atoms with van der Waals surface area (Å²) in [5.74, 6) is 0. The SMILES string of the molecule is NCCc1ccc(N2CCN(Cc3ccccc3)CC2)c([N+](=O)[O-])c1. The van der Waals surface area contributed by atoms with Crippen molar-refractivity contribution < 1.29 is 4.92 Å². The van der Waals surface area contributed by atoms with Gasteiger partial charge in [-0.05, 0) is 30.2 Å². The van der Waals surface area contributed by atoms with Crippen LogP contribution in [0.4, 0.5) is 11.4 Å². The maximum absolute atomic E-state index is 11.5. The van der Waals surface area contributed by atoms with Crippen molar-refractivity contribution in [2.24, 2.45) is 5.73 Å². The Morgan fingerprint density at radius 1 is 1.00 bits per heavy atom. The van der Waals surface area contributed by atoms with Crippen LogP contribution in [-0.2, 0) is 13.0 Å². The summed E-state index contributed by atoms with van der Waals surface area (Å²) in [4.78, 5) is 15.7. The quantitative estimate of drug-likeness (QED) is 0.645. The van der Waals surface area contributed by atoms with Gasteiger partial charge in [0.15, 0.2) is 0 Å². The molecule has 0 saturated carbocycles. The van der Waals surface area contributed by atoms with Crippen molar-refractivity contribution in [1.82, 2.24) is 4.90 Å². The van der Waals surface area contributed by atoms with Crippen LogP contribution in [0.3, 0.4) is 0 Å². The van der Waals surface area contributed by atoms with Crippen molar-refractivity contribution in [3.63, 3.8) is 0 Å². The molecule has 3 rings (SSSR count). The van der Waals surface area contributed by atoms with Crippen LogP contribution in [0.1, 0.15) is 11.1 Å². The van der Waals surface area contributed by atoms with Gasteiger partial charge >= 0.3 is 0 Å². The van der Waals surface area contributed by atoms with Gasteiger partial charge in [0.2, 0.25) is 0 Å². The normalized spacial score (nSPS) is 15.3. The zero-order chi connectivity index (χ0) is 17.6. The number of benzene rings is 2. The molecule has 2 aromatic carbocycles. The summed E-state index contributed by atoms with van der Waals surface area (Å²) in [6.45, 7) is 4.81. The second-order valence-corrected chi connectivity index (χ2v) is 6.37. The zero-order valence-electron chi connectivity index (χ0n) is 14.3. The monoisotopic (exact) mass is 340 g/mol. The van der Waals surface area contributed by atoms with E-state index in [1.165, 1.54) is 5.56 Å². The summed E-state index contributed by atoms with van der Waals surface area (Å²) in [5.41, 5.74) is 8.67. The van der Waals surface area contributed by atoms with E-state index in [9.17, 15) is 10.1 Å². The van der Waals surface area contributed by atoms with E-state index >= 15 is 0 Å². The molecule has 1 heterocycles. The van der Waals surface area contributed by atoms with Gasteiger partial charge in [-0.15, -0.1) is 0 Å². The third-order valence-electron chi connectivity index (χ3n) is 4.63. The Hall–Kier alpha value is -2.44. The van der Waals surface area contributed by atoms with Gasteiger partial charge in [0.25, 0.3) is 5.69 Å². The minimum absolute atomic E-state index is 0.183. The van der Waals surface area contributed by atoms with Crippen molar-refractivity contribution >= 4 is 11.4 Å². The van der Waals surface area contributed by atoms with Crippen molar-refractivity contribution in [3.8, 4) is 0 Å². The first-order chi connectivity index (χ1) is 12.2. The summed E-state index contributed by atoms with van der Waals surface area (Å²) in [6.07, 6.45) is 0.659. The van der Waals surface area contributed by atoms with Crippen molar-refractivity contribution in [1.29, 1.82) is 0 Å². The molecule has 25 heavy (non-hydrogen) atoms. The average Bonchev–Trinajstić information content (AvgIpc) is 2.63. The van der Waals surface area contributed by atoms with Crippen molar-refractivity contribution in [2.45, 2.75) is 13.0 Å². The molecule has 0 spiro atoms. The van der Waals surface area contributed by atoms with Crippen LogP contribution in [0.25, 0.3) is 0 Å². The third-order valence-corrected chi connectivity index (χ3v) is 4.63. The molecule has 1 aliphatic heterocycles. The summed E-state index contributed by atoms with van der Waals surface area (Å²) in [7, 11) is 0. The van der Waals surface area contributed by atoms with Crippen LogP contribution < -0.4 is 10.6 Å². The van der Waals surface area contributed by atoms with E-state index in [0.29, 0.717) is 18.7 Å². The predicted octanol–water partition coefficient (Wildman–Crippen LogP) is 2.42. The topological polar surface area (TPSA) is 75.6 Å². The van der Waals surface area contributed by atoms with Gasteiger partial charge in [0, 0.05) is 38.8 Å². The molecule has 0 unspecified atom stereocenters.